The average molecular weight is 276 g/mol. The zero-order chi connectivity index (χ0) is 14.8. The SMILES string of the molecule is CCCCN(CC)CCC(NCC)c1ccc(C)cc1. The number of benzene rings is 1. The molecule has 0 radical (unpaired) electrons. The van der Waals surface area contributed by atoms with Crippen LogP contribution in [0, 0.1) is 6.92 Å². The van der Waals surface area contributed by atoms with Crippen LogP contribution in [0.4, 0.5) is 0 Å². The molecule has 0 aromatic heterocycles. The number of rotatable bonds is 10. The predicted molar refractivity (Wildman–Crippen MR) is 89.2 cm³/mol. The summed E-state index contributed by atoms with van der Waals surface area (Å²) >= 11 is 0. The third kappa shape index (κ3) is 6.06. The molecule has 2 heteroatoms. The van der Waals surface area contributed by atoms with E-state index in [1.54, 1.807) is 0 Å². The van der Waals surface area contributed by atoms with Gasteiger partial charge in [0.2, 0.25) is 0 Å². The molecule has 0 saturated carbocycles. The first kappa shape index (κ1) is 17.2. The number of aryl methyl sites for hydroxylation is 1. The molecule has 0 bridgehead atoms. The van der Waals surface area contributed by atoms with Crippen LogP contribution in [0.1, 0.15) is 57.2 Å². The van der Waals surface area contributed by atoms with Crippen molar-refractivity contribution in [1.82, 2.24) is 10.2 Å². The summed E-state index contributed by atoms with van der Waals surface area (Å²) < 4.78 is 0. The molecule has 1 N–H and O–H groups in total. The molecule has 0 aliphatic rings. The van der Waals surface area contributed by atoms with Gasteiger partial charge in [0.1, 0.15) is 0 Å². The molecule has 0 amide bonds. The first-order valence-corrected chi connectivity index (χ1v) is 8.23. The van der Waals surface area contributed by atoms with Crippen LogP contribution >= 0.6 is 0 Å². The standard InChI is InChI=1S/C18H32N2/c1-5-8-14-20(7-3)15-13-18(19-6-2)17-11-9-16(4)10-12-17/h9-12,18-19H,5-8,13-15H2,1-4H3. The van der Waals surface area contributed by atoms with Crippen LogP contribution in [0.2, 0.25) is 0 Å². The molecule has 1 atom stereocenters. The first-order chi connectivity index (χ1) is 9.71. The largest absolute Gasteiger partial charge is 0.310 e. The van der Waals surface area contributed by atoms with Crippen LogP contribution in [-0.2, 0) is 0 Å². The van der Waals surface area contributed by atoms with Crippen LogP contribution in [0.15, 0.2) is 24.3 Å². The second-order valence-electron chi connectivity index (χ2n) is 5.60. The van der Waals surface area contributed by atoms with Crippen molar-refractivity contribution in [2.75, 3.05) is 26.2 Å². The number of nitrogens with zero attached hydrogens (tertiary/aromatic N) is 1. The highest BCUT2D eigenvalue weighted by molar-refractivity contribution is 5.24. The first-order valence-electron chi connectivity index (χ1n) is 8.23. The van der Waals surface area contributed by atoms with E-state index in [0.717, 1.165) is 13.1 Å². The van der Waals surface area contributed by atoms with Gasteiger partial charge in [0, 0.05) is 6.04 Å². The normalized spacial score (nSPS) is 12.8. The summed E-state index contributed by atoms with van der Waals surface area (Å²) in [7, 11) is 0. The van der Waals surface area contributed by atoms with Gasteiger partial charge in [-0.25, -0.2) is 0 Å². The van der Waals surface area contributed by atoms with Crippen LogP contribution in [0.3, 0.4) is 0 Å². The Morgan fingerprint density at radius 2 is 1.75 bits per heavy atom. The molecule has 1 aromatic rings. The zero-order valence-corrected chi connectivity index (χ0v) is 13.8. The number of unbranched alkanes of at least 4 members (excludes halogenated alkanes) is 1. The van der Waals surface area contributed by atoms with E-state index in [2.05, 4.69) is 62.2 Å². The highest BCUT2D eigenvalue weighted by Crippen LogP contribution is 2.18. The van der Waals surface area contributed by atoms with E-state index in [9.17, 15) is 0 Å². The average Bonchev–Trinajstić information content (AvgIpc) is 2.47. The van der Waals surface area contributed by atoms with Crippen LogP contribution in [0.5, 0.6) is 0 Å². The van der Waals surface area contributed by atoms with Crippen LogP contribution < -0.4 is 5.32 Å². The minimum Gasteiger partial charge on any atom is -0.310 e. The van der Waals surface area contributed by atoms with Gasteiger partial charge in [0.15, 0.2) is 0 Å². The van der Waals surface area contributed by atoms with Gasteiger partial charge in [0.05, 0.1) is 0 Å². The van der Waals surface area contributed by atoms with Crippen molar-refractivity contribution in [1.29, 1.82) is 0 Å². The lowest BCUT2D eigenvalue weighted by molar-refractivity contribution is 0.265. The van der Waals surface area contributed by atoms with E-state index in [-0.39, 0.29) is 0 Å². The van der Waals surface area contributed by atoms with Crippen molar-refractivity contribution in [2.45, 2.75) is 53.0 Å². The van der Waals surface area contributed by atoms with E-state index in [1.165, 1.54) is 43.5 Å². The molecule has 0 aliphatic heterocycles. The summed E-state index contributed by atoms with van der Waals surface area (Å²) in [6.07, 6.45) is 3.78. The van der Waals surface area contributed by atoms with Crippen molar-refractivity contribution >= 4 is 0 Å². The molecule has 0 fully saturated rings. The van der Waals surface area contributed by atoms with Gasteiger partial charge in [-0.1, -0.05) is 57.0 Å². The van der Waals surface area contributed by atoms with Gasteiger partial charge >= 0.3 is 0 Å². The van der Waals surface area contributed by atoms with E-state index >= 15 is 0 Å². The third-order valence-electron chi connectivity index (χ3n) is 3.94. The lowest BCUT2D eigenvalue weighted by Crippen LogP contribution is -2.30. The van der Waals surface area contributed by atoms with E-state index in [0.29, 0.717) is 6.04 Å². The minimum absolute atomic E-state index is 0.483. The predicted octanol–water partition coefficient (Wildman–Crippen LogP) is 4.16. The molecule has 0 spiro atoms. The maximum atomic E-state index is 3.63. The Labute approximate surface area is 125 Å². The van der Waals surface area contributed by atoms with Gasteiger partial charge in [-0.2, -0.15) is 0 Å². The maximum Gasteiger partial charge on any atom is 0.0332 e. The fourth-order valence-electron chi connectivity index (χ4n) is 2.55. The highest BCUT2D eigenvalue weighted by Gasteiger charge is 2.11. The van der Waals surface area contributed by atoms with Crippen molar-refractivity contribution < 1.29 is 0 Å². The second-order valence-corrected chi connectivity index (χ2v) is 5.60. The Morgan fingerprint density at radius 1 is 1.05 bits per heavy atom. The van der Waals surface area contributed by atoms with Crippen molar-refractivity contribution in [2.24, 2.45) is 0 Å². The minimum atomic E-state index is 0.483. The van der Waals surface area contributed by atoms with Gasteiger partial charge < -0.3 is 10.2 Å². The number of hydrogen-bond donors (Lipinski definition) is 1. The molecule has 114 valence electrons. The molecule has 0 aliphatic carbocycles. The summed E-state index contributed by atoms with van der Waals surface area (Å²) in [5.74, 6) is 0. The van der Waals surface area contributed by atoms with Gasteiger partial charge in [-0.15, -0.1) is 0 Å². The highest BCUT2D eigenvalue weighted by atomic mass is 15.1. The maximum absolute atomic E-state index is 3.63. The second kappa shape index (κ2) is 9.95. The van der Waals surface area contributed by atoms with Crippen LogP contribution in [-0.4, -0.2) is 31.1 Å². The Bertz CT molecular complexity index is 345. The Kier molecular flexibility index (Phi) is 8.56. The lowest BCUT2D eigenvalue weighted by atomic mass is 10.0. The molecule has 20 heavy (non-hydrogen) atoms. The molecule has 2 nitrogen and oxygen atoms in total. The number of hydrogen-bond acceptors (Lipinski definition) is 2. The topological polar surface area (TPSA) is 15.3 Å². The quantitative estimate of drug-likeness (QED) is 0.690. The van der Waals surface area contributed by atoms with E-state index in [4.69, 9.17) is 0 Å². The molecular weight excluding hydrogens is 244 g/mol. The van der Waals surface area contributed by atoms with Crippen molar-refractivity contribution in [3.63, 3.8) is 0 Å². The zero-order valence-electron chi connectivity index (χ0n) is 13.8. The lowest BCUT2D eigenvalue weighted by Gasteiger charge is -2.24. The summed E-state index contributed by atoms with van der Waals surface area (Å²) in [6.45, 7) is 13.5. The van der Waals surface area contributed by atoms with Gasteiger partial charge in [-0.05, 0) is 51.5 Å². The summed E-state index contributed by atoms with van der Waals surface area (Å²) in [4.78, 5) is 2.57. The molecule has 1 aromatic carbocycles. The monoisotopic (exact) mass is 276 g/mol. The smallest absolute Gasteiger partial charge is 0.0332 e. The summed E-state index contributed by atoms with van der Waals surface area (Å²) in [6, 6.07) is 9.45. The fourth-order valence-corrected chi connectivity index (χ4v) is 2.55. The van der Waals surface area contributed by atoms with E-state index < -0.39 is 0 Å². The van der Waals surface area contributed by atoms with Crippen molar-refractivity contribution in [3.05, 3.63) is 35.4 Å². The molecule has 1 unspecified atom stereocenters. The van der Waals surface area contributed by atoms with Crippen molar-refractivity contribution in [3.8, 4) is 0 Å². The fraction of sp³-hybridized carbons (Fsp3) is 0.667. The molecule has 0 heterocycles. The number of nitrogens with one attached hydrogen (secondary N) is 1. The van der Waals surface area contributed by atoms with E-state index in [1.807, 2.05) is 0 Å². The summed E-state index contributed by atoms with van der Waals surface area (Å²) in [5, 5.41) is 3.63. The third-order valence-corrected chi connectivity index (χ3v) is 3.94. The molecular formula is C18H32N2. The molecule has 0 saturated heterocycles. The van der Waals surface area contributed by atoms with Gasteiger partial charge in [-0.3, -0.25) is 0 Å². The Hall–Kier alpha value is -0.860. The Morgan fingerprint density at radius 3 is 2.30 bits per heavy atom. The Balaban J connectivity index is 2.55. The van der Waals surface area contributed by atoms with Crippen LogP contribution in [0.25, 0.3) is 0 Å². The summed E-state index contributed by atoms with van der Waals surface area (Å²) in [5.41, 5.74) is 2.76. The molecule has 1 rings (SSSR count). The van der Waals surface area contributed by atoms with Gasteiger partial charge in [0.25, 0.3) is 0 Å².